The van der Waals surface area contributed by atoms with E-state index in [2.05, 4.69) is 37.3 Å². The number of benzene rings is 3. The van der Waals surface area contributed by atoms with Gasteiger partial charge in [-0.1, -0.05) is 30.3 Å². The Hall–Kier alpha value is -4.62. The highest BCUT2D eigenvalue weighted by Crippen LogP contribution is 2.22. The van der Waals surface area contributed by atoms with Gasteiger partial charge in [0.1, 0.15) is 11.8 Å². The first-order valence-electron chi connectivity index (χ1n) is 14.8. The molecule has 1 fully saturated rings. The SMILES string of the molecule is COc1ccc(CN2CCN=C2NC2CCN(c3ccc(C(=O)NC[C@H](NS(=O)(=O)c4ccccc4)C(=O)O)cc3)CC2)cc1. The molecule has 4 N–H and O–H groups in total. The number of nitrogens with zero attached hydrogens (tertiary/aromatic N) is 3. The van der Waals surface area contributed by atoms with Gasteiger partial charge in [0.15, 0.2) is 5.96 Å². The molecule has 3 aromatic carbocycles. The minimum Gasteiger partial charge on any atom is -0.497 e. The molecule has 1 amide bonds. The standard InChI is InChI=1S/C32H38N6O6S/c1-44-27-13-7-23(8-14-27)22-38-20-17-33-32(38)35-25-15-18-37(19-16-25)26-11-9-24(10-12-26)30(39)34-21-29(31(40)41)36-45(42,43)28-5-3-2-4-6-28/h2-14,25,29,36H,15-22H2,1H3,(H,33,35)(H,34,39)(H,40,41)/t29-/m0/s1. The van der Waals surface area contributed by atoms with E-state index in [1.165, 1.54) is 17.7 Å². The number of aliphatic imine (C=N–C) groups is 1. The number of nitrogens with one attached hydrogen (secondary N) is 3. The van der Waals surface area contributed by atoms with E-state index in [1.807, 2.05) is 24.3 Å². The molecule has 0 bridgehead atoms. The van der Waals surface area contributed by atoms with Crippen LogP contribution in [-0.2, 0) is 21.4 Å². The van der Waals surface area contributed by atoms with Gasteiger partial charge in [0.25, 0.3) is 5.91 Å². The molecule has 2 aliphatic rings. The maximum absolute atomic E-state index is 12.7. The van der Waals surface area contributed by atoms with Crippen molar-refractivity contribution in [2.45, 2.75) is 36.4 Å². The number of amides is 1. The molecule has 0 aromatic heterocycles. The van der Waals surface area contributed by atoms with Crippen molar-refractivity contribution in [3.05, 3.63) is 90.0 Å². The largest absolute Gasteiger partial charge is 0.497 e. The molecule has 2 aliphatic heterocycles. The maximum Gasteiger partial charge on any atom is 0.323 e. The Morgan fingerprint density at radius 3 is 2.31 bits per heavy atom. The predicted octanol–water partition coefficient (Wildman–Crippen LogP) is 2.29. The summed E-state index contributed by atoms with van der Waals surface area (Å²) in [7, 11) is -2.41. The van der Waals surface area contributed by atoms with E-state index < -0.39 is 34.5 Å². The van der Waals surface area contributed by atoms with Crippen molar-refractivity contribution in [3.8, 4) is 5.75 Å². The van der Waals surface area contributed by atoms with Crippen LogP contribution in [0.5, 0.6) is 5.75 Å². The second-order valence-electron chi connectivity index (χ2n) is 11.0. The number of carbonyl (C=O) groups excluding carboxylic acids is 1. The zero-order chi connectivity index (χ0) is 31.8. The number of carbonyl (C=O) groups is 2. The summed E-state index contributed by atoms with van der Waals surface area (Å²) in [5.74, 6) is -0.107. The van der Waals surface area contributed by atoms with Crippen molar-refractivity contribution in [1.29, 1.82) is 0 Å². The number of rotatable bonds is 12. The molecule has 0 aliphatic carbocycles. The molecule has 0 spiro atoms. The van der Waals surface area contributed by atoms with Crippen LogP contribution in [0.1, 0.15) is 28.8 Å². The normalized spacial score (nSPS) is 16.2. The van der Waals surface area contributed by atoms with Crippen LogP contribution in [0, 0.1) is 0 Å². The number of methoxy groups -OCH3 is 1. The number of carboxylic acids is 1. The Morgan fingerprint density at radius 2 is 1.67 bits per heavy atom. The third-order valence-electron chi connectivity index (χ3n) is 7.90. The summed E-state index contributed by atoms with van der Waals surface area (Å²) in [4.78, 5) is 33.6. The van der Waals surface area contributed by atoms with Crippen molar-refractivity contribution < 1.29 is 27.9 Å². The lowest BCUT2D eigenvalue weighted by molar-refractivity contribution is -0.138. The lowest BCUT2D eigenvalue weighted by Gasteiger charge is -2.35. The van der Waals surface area contributed by atoms with Crippen LogP contribution < -0.4 is 25.0 Å². The average molecular weight is 635 g/mol. The average Bonchev–Trinajstić information content (AvgIpc) is 3.50. The summed E-state index contributed by atoms with van der Waals surface area (Å²) < 4.78 is 32.5. The maximum atomic E-state index is 12.7. The molecule has 5 rings (SSSR count). The minimum absolute atomic E-state index is 0.0584. The van der Waals surface area contributed by atoms with E-state index >= 15 is 0 Å². The minimum atomic E-state index is -4.07. The second-order valence-corrected chi connectivity index (χ2v) is 12.7. The number of hydrogen-bond acceptors (Lipinski definition) is 9. The fraction of sp³-hybridized carbons (Fsp3) is 0.344. The second kappa shape index (κ2) is 14.4. The molecular weight excluding hydrogens is 596 g/mol. The van der Waals surface area contributed by atoms with E-state index in [-0.39, 0.29) is 4.90 Å². The van der Waals surface area contributed by atoms with Gasteiger partial charge in [-0.25, -0.2) is 8.42 Å². The molecule has 0 unspecified atom stereocenters. The van der Waals surface area contributed by atoms with Gasteiger partial charge in [-0.2, -0.15) is 4.72 Å². The van der Waals surface area contributed by atoms with E-state index in [0.29, 0.717) is 11.6 Å². The van der Waals surface area contributed by atoms with Gasteiger partial charge in [0, 0.05) is 50.0 Å². The zero-order valence-electron chi connectivity index (χ0n) is 25.1. The Balaban J connectivity index is 1.08. The number of guanidine groups is 1. The summed E-state index contributed by atoms with van der Waals surface area (Å²) in [5.41, 5.74) is 2.54. The number of carboxylic acid groups (broad SMARTS) is 1. The summed E-state index contributed by atoms with van der Waals surface area (Å²) in [6, 6.07) is 21.4. The molecule has 1 atom stereocenters. The molecule has 13 heteroatoms. The third-order valence-corrected chi connectivity index (χ3v) is 9.39. The number of anilines is 1. The topological polar surface area (TPSA) is 153 Å². The van der Waals surface area contributed by atoms with Crippen LogP contribution in [0.3, 0.4) is 0 Å². The predicted molar refractivity (Wildman–Crippen MR) is 171 cm³/mol. The lowest BCUT2D eigenvalue weighted by Crippen LogP contribution is -2.48. The Labute approximate surface area is 263 Å². The summed E-state index contributed by atoms with van der Waals surface area (Å²) in [6.45, 7) is 3.72. The fourth-order valence-electron chi connectivity index (χ4n) is 5.34. The summed E-state index contributed by atoms with van der Waals surface area (Å²) in [5, 5.41) is 15.7. The van der Waals surface area contributed by atoms with Crippen molar-refractivity contribution in [1.82, 2.24) is 20.3 Å². The molecule has 1 saturated heterocycles. The van der Waals surface area contributed by atoms with E-state index in [1.54, 1.807) is 37.4 Å². The molecule has 12 nitrogen and oxygen atoms in total. The first kappa shape index (κ1) is 31.8. The highest BCUT2D eigenvalue weighted by molar-refractivity contribution is 7.89. The quantitative estimate of drug-likeness (QED) is 0.235. The van der Waals surface area contributed by atoms with Crippen LogP contribution >= 0.6 is 0 Å². The van der Waals surface area contributed by atoms with Crippen molar-refractivity contribution in [3.63, 3.8) is 0 Å². The van der Waals surface area contributed by atoms with Crippen LogP contribution in [0.15, 0.2) is 88.8 Å². The van der Waals surface area contributed by atoms with Crippen molar-refractivity contribution in [2.24, 2.45) is 4.99 Å². The van der Waals surface area contributed by atoms with Crippen molar-refractivity contribution in [2.75, 3.05) is 44.7 Å². The zero-order valence-corrected chi connectivity index (χ0v) is 25.9. The summed E-state index contributed by atoms with van der Waals surface area (Å²) in [6.07, 6.45) is 1.88. The highest BCUT2D eigenvalue weighted by atomic mass is 32.2. The van der Waals surface area contributed by atoms with Crippen molar-refractivity contribution >= 4 is 33.5 Å². The van der Waals surface area contributed by atoms with Gasteiger partial charge >= 0.3 is 5.97 Å². The first-order valence-corrected chi connectivity index (χ1v) is 16.3. The molecule has 3 aromatic rings. The monoisotopic (exact) mass is 634 g/mol. The molecule has 2 heterocycles. The van der Waals surface area contributed by atoms with Crippen LogP contribution in [0.25, 0.3) is 0 Å². The van der Waals surface area contributed by atoms with E-state index in [9.17, 15) is 23.1 Å². The van der Waals surface area contributed by atoms with Gasteiger partial charge in [-0.15, -0.1) is 0 Å². The van der Waals surface area contributed by atoms with Gasteiger partial charge in [0.05, 0.1) is 18.6 Å². The Bertz CT molecular complexity index is 1590. The molecule has 0 saturated carbocycles. The van der Waals surface area contributed by atoms with Crippen LogP contribution in [0.4, 0.5) is 5.69 Å². The molecule has 0 radical (unpaired) electrons. The number of ether oxygens (including phenoxy) is 1. The number of hydrogen-bond donors (Lipinski definition) is 4. The van der Waals surface area contributed by atoms with Crippen LogP contribution in [0.2, 0.25) is 0 Å². The number of piperidine rings is 1. The van der Waals surface area contributed by atoms with Gasteiger partial charge in [-0.3, -0.25) is 14.6 Å². The smallest absolute Gasteiger partial charge is 0.323 e. The molecule has 238 valence electrons. The number of aliphatic carboxylic acids is 1. The van der Waals surface area contributed by atoms with Crippen LogP contribution in [-0.4, -0.2) is 88.2 Å². The fourth-order valence-corrected chi connectivity index (χ4v) is 6.55. The first-order chi connectivity index (χ1) is 21.7. The van der Waals surface area contributed by atoms with E-state index in [4.69, 9.17) is 9.73 Å². The summed E-state index contributed by atoms with van der Waals surface area (Å²) >= 11 is 0. The molecule has 45 heavy (non-hydrogen) atoms. The third kappa shape index (κ3) is 8.31. The highest BCUT2D eigenvalue weighted by Gasteiger charge is 2.27. The lowest BCUT2D eigenvalue weighted by atomic mass is 10.0. The Kier molecular flexibility index (Phi) is 10.2. The van der Waals surface area contributed by atoms with Gasteiger partial charge in [-0.05, 0) is 66.9 Å². The van der Waals surface area contributed by atoms with Gasteiger partial charge < -0.3 is 30.3 Å². The van der Waals surface area contributed by atoms with Gasteiger partial charge in [0.2, 0.25) is 10.0 Å². The van der Waals surface area contributed by atoms with E-state index in [0.717, 1.165) is 63.0 Å². The Morgan fingerprint density at radius 1 is 0.978 bits per heavy atom. The number of sulfonamides is 1. The molecular formula is C32H38N6O6S.